The van der Waals surface area contributed by atoms with Crippen LogP contribution in [-0.4, -0.2) is 67.1 Å². The van der Waals surface area contributed by atoms with Crippen molar-refractivity contribution in [3.05, 3.63) is 30.5 Å². The lowest BCUT2D eigenvalue weighted by molar-refractivity contribution is 0.0546. The Balaban J connectivity index is 0.000000192. The lowest BCUT2D eigenvalue weighted by Gasteiger charge is -2.06. The van der Waals surface area contributed by atoms with E-state index in [4.69, 9.17) is 28.4 Å². The number of hydrogen-bond acceptors (Lipinski definition) is 10. The van der Waals surface area contributed by atoms with Gasteiger partial charge in [-0.05, 0) is 49.4 Å². The Bertz CT molecular complexity index is 1110. The van der Waals surface area contributed by atoms with Crippen LogP contribution in [0.2, 0.25) is 0 Å². The maximum Gasteiger partial charge on any atom is 0.162 e. The Morgan fingerprint density at radius 1 is 0.735 bits per heavy atom. The highest BCUT2D eigenvalue weighted by molar-refractivity contribution is 9.11. The molecule has 0 aliphatic heterocycles. The van der Waals surface area contributed by atoms with Gasteiger partial charge >= 0.3 is 0 Å². The van der Waals surface area contributed by atoms with Crippen LogP contribution in [0, 0.1) is 0 Å². The minimum Gasteiger partial charge on any atom is -0.489 e. The van der Waals surface area contributed by atoms with Crippen molar-refractivity contribution in [3.63, 3.8) is 0 Å². The zero-order chi connectivity index (χ0) is 24.2. The van der Waals surface area contributed by atoms with Crippen LogP contribution in [0.5, 0.6) is 11.5 Å². The molecular weight excluding hydrogens is 648 g/mol. The quantitative estimate of drug-likeness (QED) is 0.129. The maximum absolute atomic E-state index is 5.77. The SMILES string of the molecule is COCCOCCOc1c(Br)sc2cc(Br)sc12.COCCOCCOc1csc2ccsc12. The van der Waals surface area contributed by atoms with Gasteiger partial charge in [-0.1, -0.05) is 0 Å². The van der Waals surface area contributed by atoms with Gasteiger partial charge in [0.1, 0.15) is 22.7 Å². The van der Waals surface area contributed by atoms with Crippen molar-refractivity contribution in [2.75, 3.05) is 67.1 Å². The number of ether oxygens (including phenoxy) is 6. The van der Waals surface area contributed by atoms with Gasteiger partial charge in [0, 0.05) is 24.3 Å². The molecule has 0 unspecified atom stereocenters. The van der Waals surface area contributed by atoms with E-state index in [9.17, 15) is 0 Å². The largest absolute Gasteiger partial charge is 0.489 e. The zero-order valence-corrected chi connectivity index (χ0v) is 25.2. The average molecular weight is 675 g/mol. The van der Waals surface area contributed by atoms with Crippen LogP contribution in [-0.2, 0) is 18.9 Å². The smallest absolute Gasteiger partial charge is 0.162 e. The Kier molecular flexibility index (Phi) is 13.1. The third-order valence-electron chi connectivity index (χ3n) is 4.22. The van der Waals surface area contributed by atoms with Crippen LogP contribution in [0.4, 0.5) is 0 Å². The molecule has 0 saturated heterocycles. The van der Waals surface area contributed by atoms with Gasteiger partial charge in [-0.25, -0.2) is 0 Å². The molecule has 4 aromatic rings. The minimum atomic E-state index is 0.545. The average Bonchev–Trinajstić information content (AvgIpc) is 3.57. The molecule has 4 aromatic heterocycles. The summed E-state index contributed by atoms with van der Waals surface area (Å²) in [5.74, 6) is 1.89. The fourth-order valence-corrected chi connectivity index (χ4v) is 8.47. The summed E-state index contributed by atoms with van der Waals surface area (Å²) in [5.41, 5.74) is 0. The molecule has 0 saturated carbocycles. The number of fused-ring (bicyclic) bond motifs is 2. The fraction of sp³-hybridized carbons (Fsp3) is 0.455. The Morgan fingerprint density at radius 3 is 2.12 bits per heavy atom. The predicted octanol–water partition coefficient (Wildman–Crippen LogP) is 7.53. The summed E-state index contributed by atoms with van der Waals surface area (Å²) < 4.78 is 39.0. The van der Waals surface area contributed by atoms with Crippen LogP contribution >= 0.6 is 77.2 Å². The van der Waals surface area contributed by atoms with Crippen LogP contribution < -0.4 is 9.47 Å². The highest BCUT2D eigenvalue weighted by Crippen LogP contribution is 2.47. The molecule has 0 amide bonds. The van der Waals surface area contributed by atoms with E-state index in [0.717, 1.165) is 19.1 Å². The summed E-state index contributed by atoms with van der Waals surface area (Å²) in [5, 5.41) is 4.14. The first-order valence-electron chi connectivity index (χ1n) is 10.3. The van der Waals surface area contributed by atoms with E-state index in [-0.39, 0.29) is 0 Å². The standard InChI is InChI=1S/C11H12Br2O3S2.C11H14O3S2/c1-14-2-3-15-4-5-16-9-10-7(17-11(9)13)6-8(12)18-10;1-12-3-4-13-5-6-14-9-8-16-10-2-7-15-11(9)10/h6H,2-5H2,1H3;2,7-8H,3-6H2,1H3. The highest BCUT2D eigenvalue weighted by Gasteiger charge is 2.14. The van der Waals surface area contributed by atoms with Crippen molar-refractivity contribution in [1.29, 1.82) is 0 Å². The summed E-state index contributed by atoms with van der Waals surface area (Å²) in [6, 6.07) is 4.23. The van der Waals surface area contributed by atoms with Crippen LogP contribution in [0.25, 0.3) is 18.8 Å². The third-order valence-corrected chi connectivity index (χ3v) is 9.72. The molecule has 12 heteroatoms. The lowest BCUT2D eigenvalue weighted by atomic mass is 10.5. The first kappa shape index (κ1) is 28.3. The van der Waals surface area contributed by atoms with E-state index in [0.29, 0.717) is 52.9 Å². The van der Waals surface area contributed by atoms with Gasteiger partial charge in [0.25, 0.3) is 0 Å². The number of rotatable bonds is 14. The Morgan fingerprint density at radius 2 is 1.41 bits per heavy atom. The van der Waals surface area contributed by atoms with Crippen molar-refractivity contribution in [2.45, 2.75) is 0 Å². The lowest BCUT2D eigenvalue weighted by Crippen LogP contribution is -2.09. The van der Waals surface area contributed by atoms with Gasteiger partial charge < -0.3 is 28.4 Å². The molecule has 0 N–H and O–H groups in total. The molecule has 34 heavy (non-hydrogen) atoms. The van der Waals surface area contributed by atoms with E-state index in [1.54, 1.807) is 59.6 Å². The molecule has 0 fully saturated rings. The Labute approximate surface area is 231 Å². The third kappa shape index (κ3) is 8.68. The van der Waals surface area contributed by atoms with Crippen LogP contribution in [0.1, 0.15) is 0 Å². The van der Waals surface area contributed by atoms with Crippen molar-refractivity contribution >= 4 is 96.0 Å². The minimum absolute atomic E-state index is 0.545. The Hall–Kier alpha value is -0.280. The normalized spacial score (nSPS) is 11.2. The van der Waals surface area contributed by atoms with Gasteiger partial charge in [-0.3, -0.25) is 0 Å². The molecule has 0 spiro atoms. The van der Waals surface area contributed by atoms with E-state index < -0.39 is 0 Å². The second-order valence-corrected chi connectivity index (χ2v) is 13.2. The van der Waals surface area contributed by atoms with Gasteiger partial charge in [0.15, 0.2) is 5.75 Å². The monoisotopic (exact) mass is 672 g/mol. The molecule has 188 valence electrons. The summed E-state index contributed by atoms with van der Waals surface area (Å²) in [4.78, 5) is 0. The first-order chi connectivity index (χ1) is 16.6. The predicted molar refractivity (Wildman–Crippen MR) is 151 cm³/mol. The van der Waals surface area contributed by atoms with E-state index >= 15 is 0 Å². The highest BCUT2D eigenvalue weighted by atomic mass is 79.9. The number of hydrogen-bond donors (Lipinski definition) is 0. The van der Waals surface area contributed by atoms with Crippen LogP contribution in [0.15, 0.2) is 30.5 Å². The molecule has 0 aromatic carbocycles. The van der Waals surface area contributed by atoms with Crippen molar-refractivity contribution in [1.82, 2.24) is 0 Å². The molecule has 4 heterocycles. The maximum atomic E-state index is 5.77. The van der Waals surface area contributed by atoms with Gasteiger partial charge in [0.05, 0.1) is 57.5 Å². The molecule has 0 aliphatic rings. The molecule has 0 radical (unpaired) electrons. The second kappa shape index (κ2) is 15.7. The zero-order valence-electron chi connectivity index (χ0n) is 18.8. The first-order valence-corrected chi connectivity index (χ1v) is 15.3. The van der Waals surface area contributed by atoms with E-state index in [1.807, 2.05) is 0 Å². The molecule has 0 bridgehead atoms. The second-order valence-electron chi connectivity index (χ2n) is 6.57. The molecular formula is C22H26Br2O6S4. The summed E-state index contributed by atoms with van der Waals surface area (Å²) in [6.45, 7) is 4.78. The molecule has 4 rings (SSSR count). The van der Waals surface area contributed by atoms with E-state index in [1.165, 1.54) is 18.8 Å². The van der Waals surface area contributed by atoms with Crippen molar-refractivity contribution in [3.8, 4) is 11.5 Å². The topological polar surface area (TPSA) is 55.4 Å². The van der Waals surface area contributed by atoms with Gasteiger partial charge in [0.2, 0.25) is 0 Å². The number of methoxy groups -OCH3 is 2. The summed E-state index contributed by atoms with van der Waals surface area (Å²) in [6.07, 6.45) is 0. The van der Waals surface area contributed by atoms with Crippen molar-refractivity contribution < 1.29 is 28.4 Å². The van der Waals surface area contributed by atoms with Gasteiger partial charge in [-0.2, -0.15) is 0 Å². The fourth-order valence-electron chi connectivity index (χ4n) is 2.68. The summed E-state index contributed by atoms with van der Waals surface area (Å²) in [7, 11) is 3.33. The number of halogens is 2. The van der Waals surface area contributed by atoms with Crippen LogP contribution in [0.3, 0.4) is 0 Å². The molecule has 0 atom stereocenters. The number of thiophene rings is 4. The summed E-state index contributed by atoms with van der Waals surface area (Å²) >= 11 is 13.8. The van der Waals surface area contributed by atoms with Crippen molar-refractivity contribution in [2.24, 2.45) is 0 Å². The molecule has 0 aliphatic carbocycles. The van der Waals surface area contributed by atoms with Gasteiger partial charge in [-0.15, -0.1) is 45.3 Å². The molecule has 6 nitrogen and oxygen atoms in total. The van der Waals surface area contributed by atoms with E-state index in [2.05, 4.69) is 54.8 Å².